The van der Waals surface area contributed by atoms with E-state index >= 15 is 0 Å². The largest absolute Gasteiger partial charge is 0.310 e. The summed E-state index contributed by atoms with van der Waals surface area (Å²) < 4.78 is 2.02. The predicted octanol–water partition coefficient (Wildman–Crippen LogP) is 2.29. The normalized spacial score (nSPS) is 20.3. The second-order valence-corrected chi connectivity index (χ2v) is 6.66. The fourth-order valence-corrected chi connectivity index (χ4v) is 3.02. The Hall–Kier alpha value is -0.940. The van der Waals surface area contributed by atoms with Gasteiger partial charge in [-0.2, -0.15) is 5.10 Å². The molecular weight excluding hydrogens is 262 g/mol. The molecule has 0 radical (unpaired) electrons. The van der Waals surface area contributed by atoms with Gasteiger partial charge in [0.2, 0.25) is 0 Å². The zero-order chi connectivity index (χ0) is 15.1. The highest BCUT2D eigenvalue weighted by Gasteiger charge is 2.17. The van der Waals surface area contributed by atoms with Crippen LogP contribution in [0.1, 0.15) is 52.3 Å². The Labute approximate surface area is 129 Å². The minimum Gasteiger partial charge on any atom is -0.310 e. The molecule has 5 heteroatoms. The zero-order valence-corrected chi connectivity index (χ0v) is 13.9. The highest BCUT2D eigenvalue weighted by Crippen LogP contribution is 2.16. The number of piperidine rings is 1. The molecule has 21 heavy (non-hydrogen) atoms. The molecule has 0 saturated carbocycles. The van der Waals surface area contributed by atoms with Crippen molar-refractivity contribution in [2.24, 2.45) is 5.92 Å². The third kappa shape index (κ3) is 5.40. The average Bonchev–Trinajstić information content (AvgIpc) is 2.87. The van der Waals surface area contributed by atoms with Gasteiger partial charge in [-0.05, 0) is 51.7 Å². The molecule has 5 nitrogen and oxygen atoms in total. The summed E-state index contributed by atoms with van der Waals surface area (Å²) >= 11 is 0. The van der Waals surface area contributed by atoms with E-state index in [4.69, 9.17) is 0 Å². The Balaban J connectivity index is 1.62. The Kier molecular flexibility index (Phi) is 6.64. The molecule has 2 rings (SSSR count). The summed E-state index contributed by atoms with van der Waals surface area (Å²) in [4.78, 5) is 6.98. The number of hydrogen-bond acceptors (Lipinski definition) is 4. The van der Waals surface area contributed by atoms with E-state index in [-0.39, 0.29) is 0 Å². The second-order valence-electron chi connectivity index (χ2n) is 6.66. The number of aromatic nitrogens is 3. The summed E-state index contributed by atoms with van der Waals surface area (Å²) in [6.07, 6.45) is 7.01. The van der Waals surface area contributed by atoms with Crippen LogP contribution in [-0.2, 0) is 13.1 Å². The SMILES string of the molecule is CC(C)Cn1ncnc1CNCCCN1CCCCC1C. The number of hydrogen-bond donors (Lipinski definition) is 1. The summed E-state index contributed by atoms with van der Waals surface area (Å²) in [6.45, 7) is 12.1. The molecule has 2 heterocycles. The van der Waals surface area contributed by atoms with Gasteiger partial charge in [0.05, 0.1) is 6.54 Å². The molecule has 1 atom stereocenters. The van der Waals surface area contributed by atoms with Crippen molar-refractivity contribution in [1.29, 1.82) is 0 Å². The number of rotatable bonds is 8. The van der Waals surface area contributed by atoms with Crippen LogP contribution in [0.5, 0.6) is 0 Å². The van der Waals surface area contributed by atoms with Gasteiger partial charge in [0.1, 0.15) is 12.2 Å². The molecule has 0 spiro atoms. The molecular formula is C16H31N5. The van der Waals surface area contributed by atoms with Gasteiger partial charge in [-0.1, -0.05) is 20.3 Å². The van der Waals surface area contributed by atoms with Crippen molar-refractivity contribution in [3.8, 4) is 0 Å². The minimum absolute atomic E-state index is 0.603. The Morgan fingerprint density at radius 1 is 1.38 bits per heavy atom. The molecule has 120 valence electrons. The molecule has 0 aliphatic carbocycles. The summed E-state index contributed by atoms with van der Waals surface area (Å²) in [5.41, 5.74) is 0. The van der Waals surface area contributed by atoms with Gasteiger partial charge in [-0.15, -0.1) is 0 Å². The maximum Gasteiger partial charge on any atom is 0.140 e. The van der Waals surface area contributed by atoms with Gasteiger partial charge in [0.25, 0.3) is 0 Å². The molecule has 1 aliphatic rings. The maximum absolute atomic E-state index is 4.35. The lowest BCUT2D eigenvalue weighted by Gasteiger charge is -2.33. The number of likely N-dealkylation sites (tertiary alicyclic amines) is 1. The first-order chi connectivity index (χ1) is 10.2. The first-order valence-electron chi connectivity index (χ1n) is 8.48. The molecule has 1 aromatic rings. The fourth-order valence-electron chi connectivity index (χ4n) is 3.02. The van der Waals surface area contributed by atoms with Crippen molar-refractivity contribution in [1.82, 2.24) is 25.0 Å². The number of nitrogens with zero attached hydrogens (tertiary/aromatic N) is 4. The van der Waals surface area contributed by atoms with Gasteiger partial charge >= 0.3 is 0 Å². The Morgan fingerprint density at radius 2 is 2.24 bits per heavy atom. The molecule has 1 aromatic heterocycles. The van der Waals surface area contributed by atoms with Gasteiger partial charge < -0.3 is 10.2 Å². The fraction of sp³-hybridized carbons (Fsp3) is 0.875. The van der Waals surface area contributed by atoms with Crippen LogP contribution in [0.25, 0.3) is 0 Å². The van der Waals surface area contributed by atoms with Gasteiger partial charge in [-0.3, -0.25) is 0 Å². The van der Waals surface area contributed by atoms with Gasteiger partial charge in [-0.25, -0.2) is 9.67 Å². The van der Waals surface area contributed by atoms with Crippen molar-refractivity contribution in [3.63, 3.8) is 0 Å². The van der Waals surface area contributed by atoms with E-state index in [0.29, 0.717) is 5.92 Å². The van der Waals surface area contributed by atoms with Crippen molar-refractivity contribution >= 4 is 0 Å². The van der Waals surface area contributed by atoms with Crippen molar-refractivity contribution in [2.45, 2.75) is 65.6 Å². The highest BCUT2D eigenvalue weighted by molar-refractivity contribution is 4.84. The smallest absolute Gasteiger partial charge is 0.140 e. The molecule has 1 unspecified atom stereocenters. The van der Waals surface area contributed by atoms with E-state index in [2.05, 4.69) is 41.1 Å². The lowest BCUT2D eigenvalue weighted by Crippen LogP contribution is -2.38. The van der Waals surface area contributed by atoms with E-state index in [1.54, 1.807) is 6.33 Å². The van der Waals surface area contributed by atoms with Crippen LogP contribution in [0.3, 0.4) is 0 Å². The van der Waals surface area contributed by atoms with E-state index in [1.807, 2.05) is 4.68 Å². The van der Waals surface area contributed by atoms with Crippen LogP contribution in [0.15, 0.2) is 6.33 Å². The maximum atomic E-state index is 4.35. The van der Waals surface area contributed by atoms with Gasteiger partial charge in [0, 0.05) is 12.6 Å². The van der Waals surface area contributed by atoms with Crippen LogP contribution >= 0.6 is 0 Å². The minimum atomic E-state index is 0.603. The van der Waals surface area contributed by atoms with E-state index < -0.39 is 0 Å². The van der Waals surface area contributed by atoms with Crippen molar-refractivity contribution < 1.29 is 0 Å². The van der Waals surface area contributed by atoms with Crippen molar-refractivity contribution in [2.75, 3.05) is 19.6 Å². The molecule has 0 aromatic carbocycles. The topological polar surface area (TPSA) is 46.0 Å². The van der Waals surface area contributed by atoms with Crippen LogP contribution in [0.2, 0.25) is 0 Å². The lowest BCUT2D eigenvalue weighted by atomic mass is 10.0. The lowest BCUT2D eigenvalue weighted by molar-refractivity contribution is 0.159. The van der Waals surface area contributed by atoms with E-state index in [0.717, 1.165) is 31.5 Å². The monoisotopic (exact) mass is 293 g/mol. The highest BCUT2D eigenvalue weighted by atomic mass is 15.3. The quantitative estimate of drug-likeness (QED) is 0.747. The van der Waals surface area contributed by atoms with Crippen LogP contribution < -0.4 is 5.32 Å². The first kappa shape index (κ1) is 16.4. The van der Waals surface area contributed by atoms with Crippen molar-refractivity contribution in [3.05, 3.63) is 12.2 Å². The Bertz CT molecular complexity index is 401. The molecule has 0 bridgehead atoms. The number of nitrogens with one attached hydrogen (secondary N) is 1. The summed E-state index contributed by atoms with van der Waals surface area (Å²) in [5, 5.41) is 7.80. The summed E-state index contributed by atoms with van der Waals surface area (Å²) in [6, 6.07) is 0.771. The Morgan fingerprint density at radius 3 is 3.00 bits per heavy atom. The molecule has 1 N–H and O–H groups in total. The first-order valence-corrected chi connectivity index (χ1v) is 8.48. The predicted molar refractivity (Wildman–Crippen MR) is 86.1 cm³/mol. The second kappa shape index (κ2) is 8.49. The molecule has 1 aliphatic heterocycles. The summed E-state index contributed by atoms with van der Waals surface area (Å²) in [5.74, 6) is 1.65. The van der Waals surface area contributed by atoms with E-state index in [1.165, 1.54) is 38.8 Å². The molecule has 0 amide bonds. The van der Waals surface area contributed by atoms with Crippen LogP contribution in [0.4, 0.5) is 0 Å². The summed E-state index contributed by atoms with van der Waals surface area (Å²) in [7, 11) is 0. The third-order valence-corrected chi connectivity index (χ3v) is 4.26. The van der Waals surface area contributed by atoms with Crippen LogP contribution in [0, 0.1) is 5.92 Å². The molecule has 1 saturated heterocycles. The standard InChI is InChI=1S/C16H31N5/c1-14(2)12-21-16(18-13-19-21)11-17-8-6-10-20-9-5-4-7-15(20)3/h13-15,17H,4-12H2,1-3H3. The van der Waals surface area contributed by atoms with Crippen LogP contribution in [-0.4, -0.2) is 45.3 Å². The average molecular weight is 293 g/mol. The van der Waals surface area contributed by atoms with Gasteiger partial charge in [0.15, 0.2) is 0 Å². The van der Waals surface area contributed by atoms with E-state index in [9.17, 15) is 0 Å². The third-order valence-electron chi connectivity index (χ3n) is 4.26. The molecule has 1 fully saturated rings. The zero-order valence-electron chi connectivity index (χ0n) is 13.9.